The normalized spacial score (nSPS) is 8.00. The first kappa shape index (κ1) is 11.1. The summed E-state index contributed by atoms with van der Waals surface area (Å²) in [5.74, 6) is 0.819. The zero-order chi connectivity index (χ0) is 8.53. The monoisotopic (exact) mass is 264 g/mol. The number of ether oxygens (including phenoxy) is 1. The zero-order valence-corrected chi connectivity index (χ0v) is 11.1. The number of hydrogen-bond acceptors (Lipinski definition) is 1. The number of para-hydroxylation sites is 1. The van der Waals surface area contributed by atoms with Gasteiger partial charge in [0.25, 0.3) is 0 Å². The van der Waals surface area contributed by atoms with Crippen molar-refractivity contribution in [3.63, 3.8) is 0 Å². The zero-order valence-electron chi connectivity index (χ0n) is 6.51. The van der Waals surface area contributed by atoms with Crippen LogP contribution in [0.5, 0.6) is 5.75 Å². The first-order valence-corrected chi connectivity index (χ1v) is 10.2. The molecule has 0 saturated carbocycles. The van der Waals surface area contributed by atoms with Gasteiger partial charge in [0.05, 0.1) is 6.61 Å². The Hall–Kier alpha value is 0.123. The van der Waals surface area contributed by atoms with E-state index < -0.39 is 0 Å². The van der Waals surface area contributed by atoms with Crippen LogP contribution >= 0.6 is 13.6 Å². The molecule has 1 nitrogen and oxygen atoms in total. The fourth-order valence-corrected chi connectivity index (χ4v) is 0.622. The van der Waals surface area contributed by atoms with Crippen molar-refractivity contribution in [3.8, 4) is 5.75 Å². The molecular weight excluding hydrogens is 257 g/mol. The van der Waals surface area contributed by atoms with Crippen LogP contribution in [-0.2, 0) is 16.3 Å². The maximum absolute atomic E-state index is 5.15. The molecule has 0 aliphatic carbocycles. The van der Waals surface area contributed by atoms with E-state index in [-0.39, 0.29) is 0 Å². The van der Waals surface area contributed by atoms with Gasteiger partial charge in [-0.05, 0) is 6.92 Å². The fourth-order valence-electron chi connectivity index (χ4n) is 0.622. The third kappa shape index (κ3) is 5.40. The predicted octanol–water partition coefficient (Wildman–Crippen LogP) is 2.73. The topological polar surface area (TPSA) is 9.23 Å². The number of hydrogen-bond donors (Lipinski definition) is 0. The Morgan fingerprint density at radius 2 is 2.27 bits per heavy atom. The van der Waals surface area contributed by atoms with Crippen LogP contribution in [0.1, 0.15) is 6.92 Å². The van der Waals surface area contributed by atoms with Crippen molar-refractivity contribution in [3.05, 3.63) is 30.3 Å². The van der Waals surface area contributed by atoms with Crippen molar-refractivity contribution in [1.29, 1.82) is 0 Å². The molecule has 1 rings (SSSR count). The second-order valence-electron chi connectivity index (χ2n) is 1.66. The summed E-state index contributed by atoms with van der Waals surface area (Å²) < 4.78 is 5.15. The quantitative estimate of drug-likeness (QED) is 0.591. The van der Waals surface area contributed by atoms with Gasteiger partial charge in [-0.3, -0.25) is 0 Å². The summed E-state index contributed by atoms with van der Waals surface area (Å²) in [6.07, 6.45) is 0. The van der Waals surface area contributed by atoms with Gasteiger partial charge >= 0.3 is 30.0 Å². The van der Waals surface area contributed by atoms with Gasteiger partial charge in [-0.15, -0.1) is 12.1 Å². The fraction of sp³-hybridized carbons (Fsp3) is 0.250. The molecule has 0 unspecified atom stereocenters. The summed E-state index contributed by atoms with van der Waals surface area (Å²) in [6, 6.07) is 10.5. The first-order valence-electron chi connectivity index (χ1n) is 3.29. The molecule has 0 aliphatic rings. The average Bonchev–Trinajstić information content (AvgIpc) is 2.11. The maximum atomic E-state index is 5.15. The summed E-state index contributed by atoms with van der Waals surface area (Å²) in [4.78, 5) is 0. The van der Waals surface area contributed by atoms with Crippen LogP contribution in [0.3, 0.4) is 0 Å². The Morgan fingerprint density at radius 1 is 1.55 bits per heavy atom. The predicted molar refractivity (Wildman–Crippen MR) is 45.4 cm³/mol. The summed E-state index contributed by atoms with van der Waals surface area (Å²) in [7, 11) is 0. The van der Waals surface area contributed by atoms with Crippen LogP contribution in [0.4, 0.5) is 0 Å². The van der Waals surface area contributed by atoms with E-state index in [1.165, 1.54) is 16.3 Å². The van der Waals surface area contributed by atoms with Crippen molar-refractivity contribution in [2.75, 3.05) is 6.61 Å². The third-order valence-corrected chi connectivity index (χ3v) is 0.980. The third-order valence-electron chi connectivity index (χ3n) is 0.980. The molecule has 1 aromatic rings. The molecule has 0 aliphatic heterocycles. The molecule has 56 valence electrons. The minimum absolute atomic E-state index is 0.709. The number of rotatable bonds is 2. The van der Waals surface area contributed by atoms with E-state index in [4.69, 9.17) is 4.74 Å². The molecule has 3 heteroatoms. The van der Waals surface area contributed by atoms with Crippen LogP contribution in [0.25, 0.3) is 0 Å². The van der Waals surface area contributed by atoms with Crippen LogP contribution in [0.2, 0.25) is 0 Å². The average molecular weight is 266 g/mol. The standard InChI is InChI=1S/C8H9O.BrH.Zn/c1-2-9-8-6-4-3-5-7-8;;/h3-6H,2H2,1H3;1H;/q-1;;+2/p-1. The van der Waals surface area contributed by atoms with Gasteiger partial charge < -0.3 is 4.74 Å². The van der Waals surface area contributed by atoms with Crippen LogP contribution < -0.4 is 4.74 Å². The second-order valence-corrected chi connectivity index (χ2v) is 1.66. The van der Waals surface area contributed by atoms with Crippen LogP contribution in [0.15, 0.2) is 24.3 Å². The summed E-state index contributed by atoms with van der Waals surface area (Å²) >= 11 is 4.25. The molecule has 0 aromatic heterocycles. The number of halogens is 1. The molecule has 0 spiro atoms. The molecule has 0 atom stereocenters. The summed E-state index contributed by atoms with van der Waals surface area (Å²) in [6.45, 7) is 2.67. The Morgan fingerprint density at radius 3 is 2.73 bits per heavy atom. The Balaban J connectivity index is 0.000000461. The van der Waals surface area contributed by atoms with Crippen molar-refractivity contribution >= 4 is 13.6 Å². The molecule has 0 saturated heterocycles. The molecule has 11 heavy (non-hydrogen) atoms. The van der Waals surface area contributed by atoms with Crippen molar-refractivity contribution in [1.82, 2.24) is 0 Å². The van der Waals surface area contributed by atoms with E-state index in [2.05, 4.69) is 19.7 Å². The Bertz CT molecular complexity index is 167. The van der Waals surface area contributed by atoms with E-state index in [0.29, 0.717) is 6.61 Å². The van der Waals surface area contributed by atoms with Crippen molar-refractivity contribution in [2.45, 2.75) is 6.92 Å². The molecule has 0 bridgehead atoms. The van der Waals surface area contributed by atoms with Gasteiger partial charge in [0.1, 0.15) is 0 Å². The molecule has 0 amide bonds. The van der Waals surface area contributed by atoms with E-state index in [1.807, 2.05) is 31.2 Å². The van der Waals surface area contributed by atoms with E-state index in [0.717, 1.165) is 5.75 Å². The van der Waals surface area contributed by atoms with E-state index >= 15 is 0 Å². The molecule has 0 radical (unpaired) electrons. The molecule has 0 heterocycles. The first-order chi connectivity index (χ1) is 5.43. The molecule has 1 aromatic carbocycles. The number of benzene rings is 1. The Kier molecular flexibility index (Phi) is 8.31. The van der Waals surface area contributed by atoms with Gasteiger partial charge in [0.15, 0.2) is 0 Å². The van der Waals surface area contributed by atoms with Crippen LogP contribution in [0, 0.1) is 6.07 Å². The SMILES string of the molecule is CCOc1[c-]cccc1.[Zn+][Br]. The van der Waals surface area contributed by atoms with Crippen molar-refractivity contribution < 1.29 is 21.1 Å². The van der Waals surface area contributed by atoms with Gasteiger partial charge in [-0.2, -0.15) is 18.2 Å². The van der Waals surface area contributed by atoms with E-state index in [1.54, 1.807) is 0 Å². The minimum atomic E-state index is 0.709. The molecule has 0 N–H and O–H groups in total. The Labute approximate surface area is 84.2 Å². The summed E-state index contributed by atoms with van der Waals surface area (Å²) in [5, 5.41) is 0. The van der Waals surface area contributed by atoms with Gasteiger partial charge in [-0.1, -0.05) is 0 Å². The van der Waals surface area contributed by atoms with Gasteiger partial charge in [0, 0.05) is 5.75 Å². The second kappa shape index (κ2) is 8.22. The van der Waals surface area contributed by atoms with Gasteiger partial charge in [0.2, 0.25) is 0 Å². The summed E-state index contributed by atoms with van der Waals surface area (Å²) in [5.41, 5.74) is 0. The van der Waals surface area contributed by atoms with Crippen molar-refractivity contribution in [2.24, 2.45) is 0 Å². The molecular formula is C8H9BrOZn. The van der Waals surface area contributed by atoms with Gasteiger partial charge in [-0.25, -0.2) is 0 Å². The van der Waals surface area contributed by atoms with E-state index in [9.17, 15) is 0 Å². The molecule has 0 fully saturated rings. The van der Waals surface area contributed by atoms with Crippen LogP contribution in [-0.4, -0.2) is 6.61 Å².